The van der Waals surface area contributed by atoms with Crippen LogP contribution >= 0.6 is 0 Å². The van der Waals surface area contributed by atoms with Crippen molar-refractivity contribution in [2.75, 3.05) is 26.3 Å². The number of imide groups is 2. The average Bonchev–Trinajstić information content (AvgIpc) is 3.28. The molecule has 0 saturated heterocycles. The lowest BCUT2D eigenvalue weighted by Crippen LogP contribution is -2.33. The predicted octanol–water partition coefficient (Wildman–Crippen LogP) is 2.91. The van der Waals surface area contributed by atoms with E-state index in [9.17, 15) is 28.8 Å². The summed E-state index contributed by atoms with van der Waals surface area (Å²) >= 11 is 0. The van der Waals surface area contributed by atoms with Gasteiger partial charge in [-0.25, -0.2) is 9.59 Å². The number of carbonyl (C=O) groups excluding carboxylic acids is 6. The first-order valence-corrected chi connectivity index (χ1v) is 11.8. The molecule has 11 nitrogen and oxygen atoms in total. The average molecular weight is 533 g/mol. The number of nitrogens with zero attached hydrogens (tertiary/aromatic N) is 2. The molecule has 0 aromatic heterocycles. The van der Waals surface area contributed by atoms with E-state index >= 15 is 0 Å². The van der Waals surface area contributed by atoms with E-state index in [1.807, 2.05) is 0 Å². The van der Waals surface area contributed by atoms with Gasteiger partial charge in [0.05, 0.1) is 35.3 Å². The Morgan fingerprint density at radius 1 is 0.641 bits per heavy atom. The number of esters is 2. The van der Waals surface area contributed by atoms with Crippen LogP contribution in [0.4, 0.5) is 0 Å². The van der Waals surface area contributed by atoms with Crippen LogP contribution in [-0.2, 0) is 19.1 Å². The number of ether oxygens (including phenoxy) is 3. The van der Waals surface area contributed by atoms with Crippen LogP contribution in [0.5, 0.6) is 11.5 Å². The zero-order chi connectivity index (χ0) is 28.4. The second-order valence-electron chi connectivity index (χ2n) is 8.87. The van der Waals surface area contributed by atoms with Gasteiger partial charge in [0.2, 0.25) is 0 Å². The molecule has 4 rings (SSSR count). The summed E-state index contributed by atoms with van der Waals surface area (Å²) in [5.41, 5.74) is 0.994. The molecule has 0 spiro atoms. The van der Waals surface area contributed by atoms with Gasteiger partial charge in [-0.2, -0.15) is 0 Å². The normalized spacial score (nSPS) is 13.8. The van der Waals surface area contributed by atoms with Gasteiger partial charge in [-0.1, -0.05) is 13.2 Å². The maximum absolute atomic E-state index is 12.8. The number of fused-ring (bicyclic) bond motifs is 2. The molecule has 200 valence electrons. The monoisotopic (exact) mass is 532 g/mol. The lowest BCUT2D eigenvalue weighted by atomic mass is 10.1. The summed E-state index contributed by atoms with van der Waals surface area (Å²) in [6.07, 6.45) is 0. The fourth-order valence-corrected chi connectivity index (χ4v) is 3.91. The summed E-state index contributed by atoms with van der Waals surface area (Å²) in [6, 6.07) is 8.69. The van der Waals surface area contributed by atoms with Gasteiger partial charge in [0.15, 0.2) is 0 Å². The fraction of sp³-hybridized carbons (Fsp3) is 0.214. The van der Waals surface area contributed by atoms with E-state index in [-0.39, 0.29) is 71.2 Å². The number of hydrogen-bond acceptors (Lipinski definition) is 9. The highest BCUT2D eigenvalue weighted by Crippen LogP contribution is 2.32. The first kappa shape index (κ1) is 27.0. The van der Waals surface area contributed by atoms with Crippen molar-refractivity contribution >= 4 is 35.6 Å². The molecule has 0 fully saturated rings. The van der Waals surface area contributed by atoms with E-state index in [4.69, 9.17) is 14.2 Å². The number of amides is 4. The number of rotatable bonds is 10. The minimum atomic E-state index is -0.619. The summed E-state index contributed by atoms with van der Waals surface area (Å²) < 4.78 is 15.8. The van der Waals surface area contributed by atoms with Crippen LogP contribution in [0.15, 0.2) is 60.7 Å². The van der Waals surface area contributed by atoms with E-state index in [1.165, 1.54) is 50.2 Å². The van der Waals surface area contributed by atoms with Crippen LogP contribution in [0.1, 0.15) is 55.3 Å². The standard InChI is InChI=1S/C28H24N2O9/c1-15(2)27(35)37-11-9-29-23(31)19-7-5-17(13-21(19)25(29)33)39-18-6-8-20-22(14-18)26(34)30(24(20)32)10-12-38-28(36)16(3)4/h5-8,13-14H,1,3,9-12H2,2,4H3. The molecule has 4 amide bonds. The van der Waals surface area contributed by atoms with Crippen molar-refractivity contribution < 1.29 is 43.0 Å². The maximum atomic E-state index is 12.8. The first-order valence-electron chi connectivity index (χ1n) is 11.8. The zero-order valence-corrected chi connectivity index (χ0v) is 21.3. The van der Waals surface area contributed by atoms with E-state index < -0.39 is 35.6 Å². The second kappa shape index (κ2) is 10.7. The smallest absolute Gasteiger partial charge is 0.333 e. The van der Waals surface area contributed by atoms with E-state index in [2.05, 4.69) is 13.2 Å². The van der Waals surface area contributed by atoms with Gasteiger partial charge in [-0.05, 0) is 50.2 Å². The Morgan fingerprint density at radius 2 is 1.00 bits per heavy atom. The SMILES string of the molecule is C=C(C)C(=O)OCCN1C(=O)c2ccc(Oc3ccc4c(c3)C(=O)N(CCOC(=O)C(=C)C)C4=O)cc2C1=O. The molecule has 2 heterocycles. The molecule has 0 atom stereocenters. The summed E-state index contributed by atoms with van der Waals surface area (Å²) in [7, 11) is 0. The summed E-state index contributed by atoms with van der Waals surface area (Å²) in [6.45, 7) is 9.34. The van der Waals surface area contributed by atoms with E-state index in [0.717, 1.165) is 9.80 Å². The van der Waals surface area contributed by atoms with Gasteiger partial charge in [0.1, 0.15) is 24.7 Å². The Balaban J connectivity index is 1.43. The van der Waals surface area contributed by atoms with Gasteiger partial charge in [-0.15, -0.1) is 0 Å². The van der Waals surface area contributed by atoms with E-state index in [1.54, 1.807) is 0 Å². The van der Waals surface area contributed by atoms with Gasteiger partial charge >= 0.3 is 11.9 Å². The predicted molar refractivity (Wildman–Crippen MR) is 135 cm³/mol. The Hall–Kier alpha value is -5.06. The molecule has 39 heavy (non-hydrogen) atoms. The summed E-state index contributed by atoms with van der Waals surface area (Å²) in [5, 5.41) is 0. The van der Waals surface area contributed by atoms with Crippen LogP contribution in [-0.4, -0.2) is 71.7 Å². The highest BCUT2D eigenvalue weighted by molar-refractivity contribution is 6.22. The molecule has 0 bridgehead atoms. The van der Waals surface area contributed by atoms with E-state index in [0.29, 0.717) is 0 Å². The molecule has 2 aromatic rings. The Kier molecular flexibility index (Phi) is 7.43. The lowest BCUT2D eigenvalue weighted by Gasteiger charge is -2.13. The van der Waals surface area contributed by atoms with Gasteiger partial charge < -0.3 is 14.2 Å². The minimum Gasteiger partial charge on any atom is -0.460 e. The van der Waals surface area contributed by atoms with Crippen LogP contribution in [0.3, 0.4) is 0 Å². The molecular formula is C28H24N2O9. The molecule has 0 N–H and O–H groups in total. The second-order valence-corrected chi connectivity index (χ2v) is 8.87. The first-order chi connectivity index (χ1) is 18.5. The van der Waals surface area contributed by atoms with Crippen LogP contribution < -0.4 is 4.74 Å². The molecule has 0 radical (unpaired) electrons. The number of benzene rings is 2. The molecule has 2 aliphatic rings. The number of carbonyl (C=O) groups is 6. The molecule has 2 aliphatic heterocycles. The third kappa shape index (κ3) is 5.33. The Bertz CT molecular complexity index is 1360. The Labute approximate surface area is 223 Å². The maximum Gasteiger partial charge on any atom is 0.333 e. The molecule has 0 unspecified atom stereocenters. The van der Waals surface area contributed by atoms with Gasteiger partial charge in [0.25, 0.3) is 23.6 Å². The largest absolute Gasteiger partial charge is 0.460 e. The van der Waals surface area contributed by atoms with Crippen LogP contribution in [0.2, 0.25) is 0 Å². The molecule has 11 heteroatoms. The van der Waals surface area contributed by atoms with Crippen LogP contribution in [0, 0.1) is 0 Å². The quantitative estimate of drug-likeness (QED) is 0.257. The highest BCUT2D eigenvalue weighted by Gasteiger charge is 2.37. The number of hydrogen-bond donors (Lipinski definition) is 0. The van der Waals surface area contributed by atoms with Gasteiger partial charge in [-0.3, -0.25) is 29.0 Å². The molecule has 0 saturated carbocycles. The van der Waals surface area contributed by atoms with Crippen molar-refractivity contribution in [3.8, 4) is 11.5 Å². The highest BCUT2D eigenvalue weighted by atomic mass is 16.5. The van der Waals surface area contributed by atoms with Crippen molar-refractivity contribution in [1.29, 1.82) is 0 Å². The van der Waals surface area contributed by atoms with Crippen LogP contribution in [0.25, 0.3) is 0 Å². The topological polar surface area (TPSA) is 137 Å². The third-order valence-corrected chi connectivity index (χ3v) is 5.91. The molecular weight excluding hydrogens is 508 g/mol. The molecule has 2 aromatic carbocycles. The fourth-order valence-electron chi connectivity index (χ4n) is 3.91. The zero-order valence-electron chi connectivity index (χ0n) is 21.3. The van der Waals surface area contributed by atoms with Crippen molar-refractivity contribution in [3.63, 3.8) is 0 Å². The Morgan fingerprint density at radius 3 is 1.36 bits per heavy atom. The summed E-state index contributed by atoms with van der Waals surface area (Å²) in [4.78, 5) is 76.0. The molecule has 0 aliphatic carbocycles. The lowest BCUT2D eigenvalue weighted by molar-refractivity contribution is -0.139. The minimum absolute atomic E-state index is 0.117. The van der Waals surface area contributed by atoms with Crippen molar-refractivity contribution in [2.45, 2.75) is 13.8 Å². The van der Waals surface area contributed by atoms with Crippen molar-refractivity contribution in [1.82, 2.24) is 9.80 Å². The van der Waals surface area contributed by atoms with Crippen molar-refractivity contribution in [2.24, 2.45) is 0 Å². The van der Waals surface area contributed by atoms with Gasteiger partial charge in [0, 0.05) is 11.1 Å². The summed E-state index contributed by atoms with van der Waals surface area (Å²) in [5.74, 6) is -2.96. The van der Waals surface area contributed by atoms with Crippen molar-refractivity contribution in [3.05, 3.63) is 83.0 Å². The third-order valence-electron chi connectivity index (χ3n) is 5.91.